The Kier molecular flexibility index (Phi) is 3.85. The van der Waals surface area contributed by atoms with Crippen molar-refractivity contribution in [1.29, 1.82) is 0 Å². The van der Waals surface area contributed by atoms with Crippen LogP contribution in [0.4, 0.5) is 11.4 Å². The van der Waals surface area contributed by atoms with E-state index in [2.05, 4.69) is 10.3 Å². The monoisotopic (exact) mass is 362 g/mol. The Morgan fingerprint density at radius 2 is 1.85 bits per heavy atom. The summed E-state index contributed by atoms with van der Waals surface area (Å²) in [5, 5.41) is 12.2. The molecule has 0 aliphatic rings. The van der Waals surface area contributed by atoms with Crippen molar-refractivity contribution in [2.24, 2.45) is 0 Å². The van der Waals surface area contributed by atoms with Gasteiger partial charge in [-0.1, -0.05) is 0 Å². The van der Waals surface area contributed by atoms with Crippen LogP contribution in [0.3, 0.4) is 0 Å². The molecule has 2 N–H and O–H groups in total. The van der Waals surface area contributed by atoms with Crippen LogP contribution in [0, 0.1) is 4.91 Å². The van der Waals surface area contributed by atoms with Gasteiger partial charge in [0.15, 0.2) is 0 Å². The molecule has 8 heteroatoms. The minimum atomic E-state index is -0.428. The third-order valence-corrected chi connectivity index (χ3v) is 4.05. The number of fused-ring (bicyclic) bond motifs is 2. The number of amides is 1. The fourth-order valence-electron chi connectivity index (χ4n) is 2.71. The van der Waals surface area contributed by atoms with E-state index in [1.807, 2.05) is 0 Å². The van der Waals surface area contributed by atoms with Crippen molar-refractivity contribution >= 4 is 39.4 Å². The Balaban J connectivity index is 1.68. The highest BCUT2D eigenvalue weighted by Crippen LogP contribution is 2.21. The van der Waals surface area contributed by atoms with Gasteiger partial charge in [0.1, 0.15) is 5.58 Å². The van der Waals surface area contributed by atoms with Gasteiger partial charge in [0, 0.05) is 29.6 Å². The van der Waals surface area contributed by atoms with Gasteiger partial charge < -0.3 is 9.73 Å². The van der Waals surface area contributed by atoms with Crippen LogP contribution in [-0.2, 0) is 0 Å². The zero-order valence-electron chi connectivity index (χ0n) is 13.7. The quantitative estimate of drug-likeness (QED) is 0.427. The molecule has 0 spiro atoms. The fourth-order valence-corrected chi connectivity index (χ4v) is 2.71. The summed E-state index contributed by atoms with van der Waals surface area (Å²) in [5.41, 5.74) is 1.10. The van der Waals surface area contributed by atoms with Gasteiger partial charge >= 0.3 is 5.69 Å². The fraction of sp³-hybridized carbons (Fsp3) is 0. The molecule has 0 unspecified atom stereocenters. The van der Waals surface area contributed by atoms with Crippen LogP contribution >= 0.6 is 0 Å². The molecule has 4 aromatic rings. The Bertz CT molecular complexity index is 1260. The maximum absolute atomic E-state index is 12.6. The van der Waals surface area contributed by atoms with E-state index in [-0.39, 0.29) is 27.3 Å². The maximum Gasteiger partial charge on any atom is 0.316 e. The molecule has 0 bridgehead atoms. The molecule has 8 nitrogen and oxygen atoms in total. The normalized spacial score (nSPS) is 10.8. The van der Waals surface area contributed by atoms with Gasteiger partial charge in [-0.15, -0.1) is 0 Å². The molecule has 0 aliphatic heterocycles. The van der Waals surface area contributed by atoms with Gasteiger partial charge in [-0.05, 0) is 42.5 Å². The topological polar surface area (TPSA) is 113 Å². The lowest BCUT2D eigenvalue weighted by molar-refractivity contribution is -0.729. The molecule has 2 aromatic heterocycles. The zero-order valence-corrected chi connectivity index (χ0v) is 13.7. The van der Waals surface area contributed by atoms with E-state index in [4.69, 9.17) is 9.62 Å². The van der Waals surface area contributed by atoms with Crippen molar-refractivity contribution in [3.05, 3.63) is 81.5 Å². The van der Waals surface area contributed by atoms with E-state index in [1.165, 1.54) is 30.3 Å². The summed E-state index contributed by atoms with van der Waals surface area (Å²) in [5.74, 6) is -0.428. The number of nitrogens with one attached hydrogen (secondary N) is 1. The van der Waals surface area contributed by atoms with Crippen LogP contribution in [0.25, 0.3) is 22.1 Å². The third-order valence-electron chi connectivity index (χ3n) is 4.05. The van der Waals surface area contributed by atoms with E-state index >= 15 is 0 Å². The van der Waals surface area contributed by atoms with Gasteiger partial charge in [-0.3, -0.25) is 9.59 Å². The van der Waals surface area contributed by atoms with Gasteiger partial charge in [0.05, 0.1) is 15.7 Å². The van der Waals surface area contributed by atoms with E-state index in [9.17, 15) is 14.5 Å². The van der Waals surface area contributed by atoms with Crippen molar-refractivity contribution in [2.45, 2.75) is 0 Å². The van der Waals surface area contributed by atoms with Crippen molar-refractivity contribution in [2.75, 3.05) is 5.32 Å². The number of hydrogen-bond acceptors (Lipinski definition) is 5. The Labute approximate surface area is 151 Å². The molecular weight excluding hydrogens is 350 g/mol. The summed E-state index contributed by atoms with van der Waals surface area (Å²) in [7, 11) is 0. The molecule has 27 heavy (non-hydrogen) atoms. The molecule has 2 aromatic carbocycles. The Hall–Kier alpha value is -4.07. The lowest BCUT2D eigenvalue weighted by Gasteiger charge is -2.06. The van der Waals surface area contributed by atoms with Crippen LogP contribution in [-0.4, -0.2) is 21.0 Å². The standard InChI is InChI=1S/C19H11N3O5/c23-17-14-2-1-9-20-19(14)27-16-8-5-12(10-15(16)17)21-18(24)11-3-6-13(7-4-11)22(25)26/h1-10H,(H-,21,24,25,26)/p+1. The SMILES string of the molecule is O=C(Nc1ccc2oc3ncccc3c(=O)c2c1)c1ccc([N+](=O)O)cc1. The molecule has 0 radical (unpaired) electrons. The highest BCUT2D eigenvalue weighted by Gasteiger charge is 2.14. The van der Waals surface area contributed by atoms with Gasteiger partial charge in [-0.2, -0.15) is 0 Å². The Morgan fingerprint density at radius 3 is 2.59 bits per heavy atom. The largest absolute Gasteiger partial charge is 0.437 e. The van der Waals surface area contributed by atoms with Gasteiger partial charge in [0.25, 0.3) is 10.8 Å². The number of benzene rings is 2. The third kappa shape index (κ3) is 2.99. The van der Waals surface area contributed by atoms with Crippen molar-refractivity contribution in [3.8, 4) is 0 Å². The number of hydrogen-bond donors (Lipinski definition) is 2. The highest BCUT2D eigenvalue weighted by atomic mass is 16.6. The van der Waals surface area contributed by atoms with Crippen molar-refractivity contribution in [3.63, 3.8) is 0 Å². The van der Waals surface area contributed by atoms with E-state index < -0.39 is 5.91 Å². The molecule has 4 rings (SSSR count). The van der Waals surface area contributed by atoms with Gasteiger partial charge in [-0.25, -0.2) is 10.2 Å². The molecular formula is C19H12N3O5+. The van der Waals surface area contributed by atoms with Crippen LogP contribution < -0.4 is 10.7 Å². The second kappa shape index (κ2) is 6.34. The first-order valence-electron chi connectivity index (χ1n) is 7.92. The predicted molar refractivity (Wildman–Crippen MR) is 97.3 cm³/mol. The van der Waals surface area contributed by atoms with Crippen LogP contribution in [0.1, 0.15) is 10.4 Å². The number of anilines is 1. The molecule has 0 saturated heterocycles. The first kappa shape index (κ1) is 16.4. The molecule has 0 aliphatic carbocycles. The molecule has 1 amide bonds. The Morgan fingerprint density at radius 1 is 1.07 bits per heavy atom. The lowest BCUT2D eigenvalue weighted by atomic mass is 10.1. The lowest BCUT2D eigenvalue weighted by Crippen LogP contribution is -2.12. The number of carbonyl (C=O) groups excluding carboxylic acids is 1. The average Bonchev–Trinajstić information content (AvgIpc) is 2.69. The summed E-state index contributed by atoms with van der Waals surface area (Å²) in [6, 6.07) is 13.4. The molecule has 0 fully saturated rings. The van der Waals surface area contributed by atoms with E-state index in [1.54, 1.807) is 30.5 Å². The first-order chi connectivity index (χ1) is 13.0. The summed E-state index contributed by atoms with van der Waals surface area (Å²) < 4.78 is 5.63. The average molecular weight is 362 g/mol. The van der Waals surface area contributed by atoms with Crippen LogP contribution in [0.15, 0.2) is 70.0 Å². The number of nitrogens with zero attached hydrogens (tertiary/aromatic N) is 2. The maximum atomic E-state index is 12.6. The second-order valence-corrected chi connectivity index (χ2v) is 5.77. The minimum Gasteiger partial charge on any atom is -0.437 e. The zero-order chi connectivity index (χ0) is 19.0. The molecule has 2 heterocycles. The van der Waals surface area contributed by atoms with E-state index in [0.717, 1.165) is 0 Å². The van der Waals surface area contributed by atoms with Crippen molar-refractivity contribution < 1.29 is 19.3 Å². The molecule has 0 saturated carbocycles. The summed E-state index contributed by atoms with van der Waals surface area (Å²) >= 11 is 0. The molecule has 0 atom stereocenters. The van der Waals surface area contributed by atoms with Crippen molar-refractivity contribution in [1.82, 2.24) is 4.98 Å². The minimum absolute atomic E-state index is 0.00958. The highest BCUT2D eigenvalue weighted by molar-refractivity contribution is 6.05. The predicted octanol–water partition coefficient (Wildman–Crippen LogP) is 3.39. The molecule has 132 valence electrons. The first-order valence-corrected chi connectivity index (χ1v) is 7.92. The number of carbonyl (C=O) groups is 1. The summed E-state index contributed by atoms with van der Waals surface area (Å²) in [6.07, 6.45) is 1.54. The number of pyridine rings is 1. The summed E-state index contributed by atoms with van der Waals surface area (Å²) in [6.45, 7) is 0. The van der Waals surface area contributed by atoms with Gasteiger partial charge in [0.2, 0.25) is 11.1 Å². The van der Waals surface area contributed by atoms with Crippen LogP contribution in [0.2, 0.25) is 0 Å². The smallest absolute Gasteiger partial charge is 0.316 e. The number of rotatable bonds is 3. The summed E-state index contributed by atoms with van der Waals surface area (Å²) in [4.78, 5) is 39.5. The number of aromatic nitrogens is 1. The van der Waals surface area contributed by atoms with E-state index in [0.29, 0.717) is 22.0 Å². The second-order valence-electron chi connectivity index (χ2n) is 5.77. The van der Waals surface area contributed by atoms with Crippen LogP contribution in [0.5, 0.6) is 0 Å².